The van der Waals surface area contributed by atoms with Gasteiger partial charge in [0.15, 0.2) is 4.32 Å². The van der Waals surface area contributed by atoms with Crippen molar-refractivity contribution in [3.63, 3.8) is 0 Å². The number of halogens is 2. The van der Waals surface area contributed by atoms with Gasteiger partial charge < -0.3 is 4.74 Å². The monoisotopic (exact) mass is 557 g/mol. The first kappa shape index (κ1) is 21.8. The van der Waals surface area contributed by atoms with E-state index < -0.39 is 50.3 Å². The third-order valence-corrected chi connectivity index (χ3v) is 9.21. The zero-order valence-electron chi connectivity index (χ0n) is 16.8. The van der Waals surface area contributed by atoms with Gasteiger partial charge in [-0.1, -0.05) is 15.9 Å². The molecule has 3 unspecified atom stereocenters. The van der Waals surface area contributed by atoms with Crippen molar-refractivity contribution in [3.05, 3.63) is 30.1 Å². The molecule has 3 atom stereocenters. The maximum atomic E-state index is 13.6. The van der Waals surface area contributed by atoms with Crippen molar-refractivity contribution in [3.8, 4) is 0 Å². The third-order valence-electron chi connectivity index (χ3n) is 6.03. The summed E-state index contributed by atoms with van der Waals surface area (Å²) in [5.41, 5.74) is -1.96. The third kappa shape index (κ3) is 2.31. The van der Waals surface area contributed by atoms with Crippen LogP contribution in [0.5, 0.6) is 0 Å². The van der Waals surface area contributed by atoms with Crippen molar-refractivity contribution in [2.75, 3.05) is 28.2 Å². The van der Waals surface area contributed by atoms with Crippen LogP contribution in [0.4, 0.5) is 9.59 Å². The number of barbiturate groups is 1. The van der Waals surface area contributed by atoms with E-state index in [1.54, 1.807) is 0 Å². The smallest absolute Gasteiger partial charge is 0.316 e. The fourth-order valence-electron chi connectivity index (χ4n) is 4.39. The number of pyridine rings is 1. The van der Waals surface area contributed by atoms with E-state index in [1.807, 2.05) is 0 Å². The highest BCUT2D eigenvalue weighted by atomic mass is 79.9. The lowest BCUT2D eigenvalue weighted by molar-refractivity contribution is -0.185. The number of hydrogen-bond acceptors (Lipinski definition) is 7. The predicted molar refractivity (Wildman–Crippen MR) is 111 cm³/mol. The molecule has 3 fully saturated rings. The van der Waals surface area contributed by atoms with Gasteiger partial charge in [0.2, 0.25) is 10.2 Å². The first-order valence-electron chi connectivity index (χ1n) is 9.01. The largest absolute Gasteiger partial charge is 0.333 e. The molecule has 7 amide bonds. The summed E-state index contributed by atoms with van der Waals surface area (Å²) in [7, 11) is 5.09. The van der Waals surface area contributed by atoms with Crippen molar-refractivity contribution in [2.24, 2.45) is 0 Å². The van der Waals surface area contributed by atoms with Crippen molar-refractivity contribution in [1.29, 1.82) is 0 Å². The molecule has 0 bridgehead atoms. The Morgan fingerprint density at radius 2 is 1.32 bits per heavy atom. The summed E-state index contributed by atoms with van der Waals surface area (Å²) in [6, 6.07) is 1.53. The molecule has 13 heteroatoms. The van der Waals surface area contributed by atoms with Crippen molar-refractivity contribution in [2.45, 2.75) is 20.5 Å². The first-order chi connectivity index (χ1) is 14.4. The number of imide groups is 3. The molecule has 164 valence electrons. The van der Waals surface area contributed by atoms with Gasteiger partial charge in [-0.15, -0.1) is 0 Å². The molecule has 1 aromatic rings. The van der Waals surface area contributed by atoms with Crippen LogP contribution in [0.15, 0.2) is 24.5 Å². The zero-order valence-corrected chi connectivity index (χ0v) is 20.0. The van der Waals surface area contributed by atoms with E-state index in [0.29, 0.717) is 5.56 Å². The van der Waals surface area contributed by atoms with Gasteiger partial charge in [0.25, 0.3) is 17.7 Å². The number of urea groups is 2. The Morgan fingerprint density at radius 3 is 1.84 bits per heavy atom. The van der Waals surface area contributed by atoms with E-state index >= 15 is 0 Å². The number of amides is 7. The highest BCUT2D eigenvalue weighted by molar-refractivity contribution is 9.13. The quantitative estimate of drug-likeness (QED) is 0.282. The molecule has 0 saturated carbocycles. The molecule has 4 rings (SSSR count). The molecule has 31 heavy (non-hydrogen) atoms. The van der Waals surface area contributed by atoms with Crippen molar-refractivity contribution >= 4 is 61.6 Å². The molecular formula is C18H17Br2N5O6. The number of alkyl halides is 2. The second kappa shape index (κ2) is 6.56. The lowest BCUT2D eigenvalue weighted by atomic mass is 9.72. The van der Waals surface area contributed by atoms with Crippen LogP contribution in [0.1, 0.15) is 11.5 Å². The van der Waals surface area contributed by atoms with Crippen LogP contribution in [0.2, 0.25) is 0 Å². The van der Waals surface area contributed by atoms with Gasteiger partial charge >= 0.3 is 12.1 Å². The van der Waals surface area contributed by atoms with Gasteiger partial charge in [-0.2, -0.15) is 0 Å². The number of fused-ring (bicyclic) bond motifs is 1. The minimum atomic E-state index is -2.33. The first-order valence-corrected chi connectivity index (χ1v) is 10.6. The Bertz CT molecular complexity index is 1030. The van der Waals surface area contributed by atoms with E-state index in [0.717, 1.165) is 19.6 Å². The summed E-state index contributed by atoms with van der Waals surface area (Å²) in [5, 5.41) is 0. The van der Waals surface area contributed by atoms with Crippen LogP contribution in [-0.4, -0.2) is 97.1 Å². The van der Waals surface area contributed by atoms with Gasteiger partial charge in [-0.05, 0) is 33.6 Å². The number of carbonyl (C=O) groups excluding carboxylic acids is 5. The number of nitrogens with zero attached hydrogens (tertiary/aromatic N) is 5. The Balaban J connectivity index is 2.09. The fourth-order valence-corrected chi connectivity index (χ4v) is 6.40. The molecule has 0 aromatic carbocycles. The molecule has 4 heterocycles. The van der Waals surface area contributed by atoms with Crippen molar-refractivity contribution in [1.82, 2.24) is 24.6 Å². The maximum Gasteiger partial charge on any atom is 0.333 e. The molecule has 1 spiro atoms. The number of likely N-dealkylation sites (N-methyl/N-ethyl adjacent to an activating group) is 2. The van der Waals surface area contributed by atoms with Crippen LogP contribution < -0.4 is 0 Å². The summed E-state index contributed by atoms with van der Waals surface area (Å²) in [6.07, 6.45) is 2.88. The van der Waals surface area contributed by atoms with Gasteiger partial charge in [0, 0.05) is 40.6 Å². The van der Waals surface area contributed by atoms with E-state index in [4.69, 9.17) is 4.74 Å². The molecule has 0 aliphatic carbocycles. The van der Waals surface area contributed by atoms with E-state index in [1.165, 1.54) is 52.7 Å². The van der Waals surface area contributed by atoms with Crippen LogP contribution in [0, 0.1) is 0 Å². The maximum absolute atomic E-state index is 13.6. The normalized spacial score (nSPS) is 33.0. The highest BCUT2D eigenvalue weighted by Crippen LogP contribution is 2.65. The van der Waals surface area contributed by atoms with E-state index in [9.17, 15) is 24.0 Å². The summed E-state index contributed by atoms with van der Waals surface area (Å²) in [4.78, 5) is 73.2. The summed E-state index contributed by atoms with van der Waals surface area (Å²) < 4.78 is 2.40. The SMILES string of the molecule is CN1C(=O)N(C)C(=O)C2(OC3(Br)N(C)C(=O)N(C)C(=O)C3(Br)C2c2ccncc2)C1=O. The Labute approximate surface area is 193 Å². The van der Waals surface area contributed by atoms with E-state index in [2.05, 4.69) is 36.8 Å². The summed E-state index contributed by atoms with van der Waals surface area (Å²) in [5.74, 6) is -3.91. The van der Waals surface area contributed by atoms with Gasteiger partial charge in [-0.3, -0.25) is 39.0 Å². The molecule has 3 saturated heterocycles. The summed E-state index contributed by atoms with van der Waals surface area (Å²) >= 11 is 6.83. The number of carbonyl (C=O) groups is 5. The number of aromatic nitrogens is 1. The van der Waals surface area contributed by atoms with Crippen LogP contribution in [0.25, 0.3) is 0 Å². The Kier molecular flexibility index (Phi) is 4.62. The number of hydrogen-bond donors (Lipinski definition) is 0. The van der Waals surface area contributed by atoms with Crippen LogP contribution >= 0.6 is 31.9 Å². The molecule has 3 aliphatic rings. The Morgan fingerprint density at radius 1 is 0.839 bits per heavy atom. The standard InChI is InChI=1S/C18H17Br2N5O6/c1-22-11(26)16(12(27)23(2)14(22)29)10(9-5-7-21-8-6-9)17(19)13(28)24(3)15(30)25(4)18(17,20)31-16/h5-8,10H,1-4H3. The van der Waals surface area contributed by atoms with Crippen LogP contribution in [-0.2, 0) is 19.1 Å². The molecule has 3 aliphatic heterocycles. The molecule has 11 nitrogen and oxygen atoms in total. The molecule has 0 radical (unpaired) electrons. The predicted octanol–water partition coefficient (Wildman–Crippen LogP) is 0.691. The molecule has 0 N–H and O–H groups in total. The number of ether oxygens (including phenoxy) is 1. The van der Waals surface area contributed by atoms with Gasteiger partial charge in [0.05, 0.1) is 5.92 Å². The average molecular weight is 559 g/mol. The highest BCUT2D eigenvalue weighted by Gasteiger charge is 2.84. The fraction of sp³-hybridized carbons (Fsp3) is 0.444. The number of rotatable bonds is 1. The van der Waals surface area contributed by atoms with E-state index in [-0.39, 0.29) is 0 Å². The van der Waals surface area contributed by atoms with Crippen LogP contribution in [0.3, 0.4) is 0 Å². The minimum Gasteiger partial charge on any atom is -0.316 e. The Hall–Kier alpha value is -2.38. The second-order valence-corrected chi connectivity index (χ2v) is 9.87. The van der Waals surface area contributed by atoms with Crippen molar-refractivity contribution < 1.29 is 28.7 Å². The summed E-state index contributed by atoms with van der Waals surface area (Å²) in [6.45, 7) is 0. The zero-order chi connectivity index (χ0) is 23.1. The average Bonchev–Trinajstić information content (AvgIpc) is 3.00. The lowest BCUT2D eigenvalue weighted by Gasteiger charge is -2.48. The second-order valence-electron chi connectivity index (χ2n) is 7.54. The topological polar surface area (TPSA) is 120 Å². The van der Waals surface area contributed by atoms with Gasteiger partial charge in [-0.25, -0.2) is 9.59 Å². The molecule has 1 aromatic heterocycles. The van der Waals surface area contributed by atoms with Gasteiger partial charge in [0.1, 0.15) is 0 Å². The minimum absolute atomic E-state index is 0.371. The lowest BCUT2D eigenvalue weighted by Crippen LogP contribution is -2.71. The molecular weight excluding hydrogens is 542 g/mol.